The molecule has 0 bridgehead atoms. The lowest BCUT2D eigenvalue weighted by molar-refractivity contribution is 0.412. The summed E-state index contributed by atoms with van der Waals surface area (Å²) in [7, 11) is 3.40. The Kier molecular flexibility index (Phi) is 5.26. The van der Waals surface area contributed by atoms with Crippen LogP contribution in [0, 0.1) is 5.82 Å². The van der Waals surface area contributed by atoms with Crippen LogP contribution >= 0.6 is 0 Å². The van der Waals surface area contributed by atoms with Crippen molar-refractivity contribution in [3.05, 3.63) is 54.7 Å². The SMILES string of the molecule is CCN(C)c1ncc(Oc2ncccc2-c2ccc(F)cc2OC)cn1. The highest BCUT2D eigenvalue weighted by Gasteiger charge is 2.14. The van der Waals surface area contributed by atoms with Crippen molar-refractivity contribution in [3.63, 3.8) is 0 Å². The monoisotopic (exact) mass is 354 g/mol. The predicted molar refractivity (Wildman–Crippen MR) is 97.2 cm³/mol. The third-order valence-electron chi connectivity index (χ3n) is 3.87. The van der Waals surface area contributed by atoms with Gasteiger partial charge in [-0.15, -0.1) is 0 Å². The van der Waals surface area contributed by atoms with E-state index >= 15 is 0 Å². The largest absolute Gasteiger partial charge is 0.496 e. The number of nitrogens with zero attached hydrogens (tertiary/aromatic N) is 4. The molecule has 0 unspecified atom stereocenters. The molecule has 0 saturated heterocycles. The summed E-state index contributed by atoms with van der Waals surface area (Å²) < 4.78 is 24.6. The molecule has 134 valence electrons. The molecule has 0 aliphatic heterocycles. The highest BCUT2D eigenvalue weighted by Crippen LogP contribution is 2.37. The normalized spacial score (nSPS) is 10.5. The van der Waals surface area contributed by atoms with Gasteiger partial charge in [0.2, 0.25) is 11.8 Å². The summed E-state index contributed by atoms with van der Waals surface area (Å²) in [6.45, 7) is 2.82. The molecule has 0 N–H and O–H groups in total. The summed E-state index contributed by atoms with van der Waals surface area (Å²) in [5.74, 6) is 1.46. The summed E-state index contributed by atoms with van der Waals surface area (Å²) in [6.07, 6.45) is 4.80. The summed E-state index contributed by atoms with van der Waals surface area (Å²) in [4.78, 5) is 14.8. The topological polar surface area (TPSA) is 60.4 Å². The Morgan fingerprint density at radius 2 is 1.85 bits per heavy atom. The van der Waals surface area contributed by atoms with Crippen molar-refractivity contribution in [2.45, 2.75) is 6.92 Å². The molecule has 1 aromatic carbocycles. The van der Waals surface area contributed by atoms with Crippen LogP contribution in [-0.4, -0.2) is 35.7 Å². The number of methoxy groups -OCH3 is 1. The van der Waals surface area contributed by atoms with E-state index in [0.717, 1.165) is 6.54 Å². The molecule has 6 nitrogen and oxygen atoms in total. The first-order valence-electron chi connectivity index (χ1n) is 8.12. The van der Waals surface area contributed by atoms with Gasteiger partial charge in [0, 0.05) is 37.0 Å². The number of halogens is 1. The Bertz CT molecular complexity index is 887. The molecule has 0 spiro atoms. The summed E-state index contributed by atoms with van der Waals surface area (Å²) in [5.41, 5.74) is 1.36. The second-order valence-corrected chi connectivity index (χ2v) is 5.54. The van der Waals surface area contributed by atoms with Gasteiger partial charge in [0.05, 0.1) is 19.5 Å². The Hall–Kier alpha value is -3.22. The minimum atomic E-state index is -0.374. The van der Waals surface area contributed by atoms with Gasteiger partial charge < -0.3 is 14.4 Å². The summed E-state index contributed by atoms with van der Waals surface area (Å²) in [5, 5.41) is 0. The lowest BCUT2D eigenvalue weighted by Gasteiger charge is -2.15. The van der Waals surface area contributed by atoms with Crippen LogP contribution in [0.2, 0.25) is 0 Å². The number of anilines is 1. The minimum absolute atomic E-state index is 0.359. The molecule has 0 radical (unpaired) electrons. The fraction of sp³-hybridized carbons (Fsp3) is 0.211. The van der Waals surface area contributed by atoms with E-state index in [4.69, 9.17) is 9.47 Å². The zero-order chi connectivity index (χ0) is 18.5. The quantitative estimate of drug-likeness (QED) is 0.668. The zero-order valence-electron chi connectivity index (χ0n) is 14.8. The first kappa shape index (κ1) is 17.6. The second-order valence-electron chi connectivity index (χ2n) is 5.54. The molecule has 3 rings (SSSR count). The van der Waals surface area contributed by atoms with Crippen molar-refractivity contribution in [3.8, 4) is 28.5 Å². The highest BCUT2D eigenvalue weighted by atomic mass is 19.1. The third-order valence-corrected chi connectivity index (χ3v) is 3.87. The van der Waals surface area contributed by atoms with Crippen LogP contribution in [0.15, 0.2) is 48.9 Å². The molecule has 0 atom stereocenters. The Morgan fingerprint density at radius 1 is 1.08 bits per heavy atom. The smallest absolute Gasteiger partial charge is 0.227 e. The van der Waals surface area contributed by atoms with E-state index in [0.29, 0.717) is 34.5 Å². The van der Waals surface area contributed by atoms with Gasteiger partial charge in [-0.2, -0.15) is 0 Å². The number of rotatable bonds is 6. The molecule has 26 heavy (non-hydrogen) atoms. The lowest BCUT2D eigenvalue weighted by Crippen LogP contribution is -2.18. The van der Waals surface area contributed by atoms with E-state index in [1.165, 1.54) is 19.2 Å². The van der Waals surface area contributed by atoms with E-state index in [2.05, 4.69) is 15.0 Å². The fourth-order valence-corrected chi connectivity index (χ4v) is 2.38. The van der Waals surface area contributed by atoms with Crippen molar-refractivity contribution in [1.82, 2.24) is 15.0 Å². The molecular weight excluding hydrogens is 335 g/mol. The van der Waals surface area contributed by atoms with E-state index in [1.54, 1.807) is 30.7 Å². The van der Waals surface area contributed by atoms with Crippen molar-refractivity contribution in [2.24, 2.45) is 0 Å². The van der Waals surface area contributed by atoms with Crippen LogP contribution in [-0.2, 0) is 0 Å². The van der Waals surface area contributed by atoms with Gasteiger partial charge in [0.25, 0.3) is 0 Å². The van der Waals surface area contributed by atoms with E-state index in [-0.39, 0.29) is 5.82 Å². The molecule has 2 aromatic heterocycles. The molecule has 0 saturated carbocycles. The van der Waals surface area contributed by atoms with Crippen molar-refractivity contribution < 1.29 is 13.9 Å². The Labute approximate surface area is 151 Å². The van der Waals surface area contributed by atoms with Crippen molar-refractivity contribution in [2.75, 3.05) is 25.6 Å². The molecule has 0 aliphatic rings. The van der Waals surface area contributed by atoms with Crippen molar-refractivity contribution in [1.29, 1.82) is 0 Å². The standard InChI is InChI=1S/C19H19FN4O2/c1-4-24(2)19-22-11-14(12-23-19)26-18-16(6-5-9-21-18)15-8-7-13(20)10-17(15)25-3/h5-12H,4H2,1-3H3. The van der Waals surface area contributed by atoms with Gasteiger partial charge in [-0.05, 0) is 31.2 Å². The first-order chi connectivity index (χ1) is 12.6. The maximum absolute atomic E-state index is 13.5. The molecule has 7 heteroatoms. The van der Waals surface area contributed by atoms with Crippen molar-refractivity contribution >= 4 is 5.95 Å². The van der Waals surface area contributed by atoms with E-state index < -0.39 is 0 Å². The Balaban J connectivity index is 1.93. The first-order valence-corrected chi connectivity index (χ1v) is 8.12. The van der Waals surface area contributed by atoms with Crippen LogP contribution in [0.1, 0.15) is 6.92 Å². The van der Waals surface area contributed by atoms with Crippen LogP contribution in [0.4, 0.5) is 10.3 Å². The average Bonchev–Trinajstić information content (AvgIpc) is 2.68. The molecule has 0 amide bonds. The average molecular weight is 354 g/mol. The van der Waals surface area contributed by atoms with Crippen LogP contribution < -0.4 is 14.4 Å². The molecule has 0 fully saturated rings. The summed E-state index contributed by atoms with van der Waals surface area (Å²) >= 11 is 0. The van der Waals surface area contributed by atoms with Gasteiger partial charge in [-0.25, -0.2) is 19.3 Å². The van der Waals surface area contributed by atoms with Crippen LogP contribution in [0.25, 0.3) is 11.1 Å². The van der Waals surface area contributed by atoms with Gasteiger partial charge in [-0.1, -0.05) is 0 Å². The maximum Gasteiger partial charge on any atom is 0.227 e. The van der Waals surface area contributed by atoms with Gasteiger partial charge in [-0.3, -0.25) is 0 Å². The van der Waals surface area contributed by atoms with Crippen LogP contribution in [0.3, 0.4) is 0 Å². The third kappa shape index (κ3) is 3.72. The number of hydrogen-bond donors (Lipinski definition) is 0. The van der Waals surface area contributed by atoms with E-state index in [9.17, 15) is 4.39 Å². The second kappa shape index (κ2) is 7.77. The summed E-state index contributed by atoms with van der Waals surface area (Å²) in [6, 6.07) is 7.94. The fourth-order valence-electron chi connectivity index (χ4n) is 2.38. The van der Waals surface area contributed by atoms with Gasteiger partial charge >= 0.3 is 0 Å². The van der Waals surface area contributed by atoms with Gasteiger partial charge in [0.1, 0.15) is 11.6 Å². The van der Waals surface area contributed by atoms with Crippen LogP contribution in [0.5, 0.6) is 17.4 Å². The highest BCUT2D eigenvalue weighted by molar-refractivity contribution is 5.74. The number of ether oxygens (including phenoxy) is 2. The molecule has 2 heterocycles. The van der Waals surface area contributed by atoms with E-state index in [1.807, 2.05) is 24.9 Å². The predicted octanol–water partition coefficient (Wildman–Crippen LogP) is 3.93. The maximum atomic E-state index is 13.5. The molecule has 3 aromatic rings. The lowest BCUT2D eigenvalue weighted by atomic mass is 10.1. The number of pyridine rings is 1. The Morgan fingerprint density at radius 3 is 2.54 bits per heavy atom. The zero-order valence-corrected chi connectivity index (χ0v) is 14.8. The number of benzene rings is 1. The minimum Gasteiger partial charge on any atom is -0.496 e. The number of hydrogen-bond acceptors (Lipinski definition) is 6. The molecule has 0 aliphatic carbocycles. The molecular formula is C19H19FN4O2. The number of aromatic nitrogens is 3. The van der Waals surface area contributed by atoms with Gasteiger partial charge in [0.15, 0.2) is 5.75 Å².